The van der Waals surface area contributed by atoms with E-state index in [0.717, 1.165) is 22.7 Å². The van der Waals surface area contributed by atoms with Crippen LogP contribution in [0.2, 0.25) is 0 Å². The van der Waals surface area contributed by atoms with E-state index in [9.17, 15) is 4.79 Å². The fourth-order valence-corrected chi connectivity index (χ4v) is 2.34. The van der Waals surface area contributed by atoms with Gasteiger partial charge in [0, 0.05) is 23.9 Å². The van der Waals surface area contributed by atoms with Gasteiger partial charge in [-0.1, -0.05) is 24.3 Å². The SMILES string of the molecule is CCOc1ccccc1C(C)Nc1cccc(NC(C)=O)c1. The Hall–Kier alpha value is -2.49. The molecular formula is C18H22N2O2. The number of ether oxygens (including phenoxy) is 1. The maximum Gasteiger partial charge on any atom is 0.221 e. The molecule has 0 aliphatic carbocycles. The van der Waals surface area contributed by atoms with Crippen molar-refractivity contribution < 1.29 is 9.53 Å². The average Bonchev–Trinajstić information content (AvgIpc) is 2.47. The third-order valence-corrected chi connectivity index (χ3v) is 3.25. The Bertz CT molecular complexity index is 640. The van der Waals surface area contributed by atoms with E-state index >= 15 is 0 Å². The summed E-state index contributed by atoms with van der Waals surface area (Å²) >= 11 is 0. The minimum absolute atomic E-state index is 0.0770. The summed E-state index contributed by atoms with van der Waals surface area (Å²) in [5.74, 6) is 0.815. The molecule has 2 aromatic carbocycles. The molecule has 0 aliphatic rings. The van der Waals surface area contributed by atoms with Crippen molar-refractivity contribution in [3.63, 3.8) is 0 Å². The Morgan fingerprint density at radius 2 is 1.86 bits per heavy atom. The first kappa shape index (κ1) is 15.9. The molecule has 0 saturated heterocycles. The molecule has 0 radical (unpaired) electrons. The van der Waals surface area contributed by atoms with Gasteiger partial charge >= 0.3 is 0 Å². The number of amides is 1. The molecule has 2 N–H and O–H groups in total. The van der Waals surface area contributed by atoms with Crippen LogP contribution in [-0.4, -0.2) is 12.5 Å². The standard InChI is InChI=1S/C18H22N2O2/c1-4-22-18-11-6-5-10-17(18)13(2)19-15-8-7-9-16(12-15)20-14(3)21/h5-13,19H,4H2,1-3H3,(H,20,21). The summed E-state index contributed by atoms with van der Waals surface area (Å²) in [6.07, 6.45) is 0. The molecule has 1 amide bonds. The highest BCUT2D eigenvalue weighted by Crippen LogP contribution is 2.28. The Balaban J connectivity index is 2.15. The fraction of sp³-hybridized carbons (Fsp3) is 0.278. The zero-order chi connectivity index (χ0) is 15.9. The lowest BCUT2D eigenvalue weighted by Crippen LogP contribution is -2.10. The normalized spacial score (nSPS) is 11.6. The third kappa shape index (κ3) is 4.25. The van der Waals surface area contributed by atoms with Gasteiger partial charge in [0.1, 0.15) is 5.75 Å². The van der Waals surface area contributed by atoms with Gasteiger partial charge in [-0.15, -0.1) is 0 Å². The van der Waals surface area contributed by atoms with Crippen LogP contribution in [0.5, 0.6) is 5.75 Å². The second kappa shape index (κ2) is 7.50. The smallest absolute Gasteiger partial charge is 0.221 e. The first-order chi connectivity index (χ1) is 10.6. The monoisotopic (exact) mass is 298 g/mol. The van der Waals surface area contributed by atoms with Crippen LogP contribution in [0.15, 0.2) is 48.5 Å². The van der Waals surface area contributed by atoms with Crippen LogP contribution < -0.4 is 15.4 Å². The Labute approximate surface area is 131 Å². The molecule has 1 unspecified atom stereocenters. The molecular weight excluding hydrogens is 276 g/mol. The van der Waals surface area contributed by atoms with Gasteiger partial charge < -0.3 is 15.4 Å². The van der Waals surface area contributed by atoms with Crippen LogP contribution in [0.4, 0.5) is 11.4 Å². The Morgan fingerprint density at radius 1 is 1.14 bits per heavy atom. The van der Waals surface area contributed by atoms with Gasteiger partial charge in [0.2, 0.25) is 5.91 Å². The molecule has 2 aromatic rings. The van der Waals surface area contributed by atoms with E-state index in [2.05, 4.69) is 23.6 Å². The number of hydrogen-bond donors (Lipinski definition) is 2. The summed E-state index contributed by atoms with van der Waals surface area (Å²) in [6.45, 7) is 6.21. The minimum Gasteiger partial charge on any atom is -0.494 e. The quantitative estimate of drug-likeness (QED) is 0.839. The van der Waals surface area contributed by atoms with Crippen LogP contribution in [0.3, 0.4) is 0 Å². The highest BCUT2D eigenvalue weighted by molar-refractivity contribution is 5.89. The molecule has 22 heavy (non-hydrogen) atoms. The molecule has 4 nitrogen and oxygen atoms in total. The van der Waals surface area contributed by atoms with Gasteiger partial charge in [0.25, 0.3) is 0 Å². The van der Waals surface area contributed by atoms with Crippen molar-refractivity contribution in [3.8, 4) is 5.75 Å². The van der Waals surface area contributed by atoms with E-state index in [-0.39, 0.29) is 11.9 Å². The van der Waals surface area contributed by atoms with Crippen molar-refractivity contribution in [3.05, 3.63) is 54.1 Å². The van der Waals surface area contributed by atoms with E-state index in [4.69, 9.17) is 4.74 Å². The van der Waals surface area contributed by atoms with Crippen molar-refractivity contribution in [2.75, 3.05) is 17.2 Å². The van der Waals surface area contributed by atoms with Crippen molar-refractivity contribution in [1.82, 2.24) is 0 Å². The van der Waals surface area contributed by atoms with Crippen LogP contribution in [0, 0.1) is 0 Å². The highest BCUT2D eigenvalue weighted by Gasteiger charge is 2.11. The molecule has 0 bridgehead atoms. The van der Waals surface area contributed by atoms with Crippen LogP contribution in [-0.2, 0) is 4.79 Å². The van der Waals surface area contributed by atoms with E-state index in [1.165, 1.54) is 6.92 Å². The highest BCUT2D eigenvalue weighted by atomic mass is 16.5. The summed E-state index contributed by atoms with van der Waals surface area (Å²) < 4.78 is 5.68. The zero-order valence-corrected chi connectivity index (χ0v) is 13.2. The van der Waals surface area contributed by atoms with Gasteiger partial charge in [-0.05, 0) is 38.1 Å². The lowest BCUT2D eigenvalue weighted by Gasteiger charge is -2.19. The number of nitrogens with one attached hydrogen (secondary N) is 2. The fourth-order valence-electron chi connectivity index (χ4n) is 2.34. The predicted octanol–water partition coefficient (Wildman–Crippen LogP) is 4.22. The lowest BCUT2D eigenvalue weighted by molar-refractivity contribution is -0.114. The molecule has 2 rings (SSSR count). The topological polar surface area (TPSA) is 50.4 Å². The number of carbonyl (C=O) groups is 1. The third-order valence-electron chi connectivity index (χ3n) is 3.25. The van der Waals surface area contributed by atoms with E-state index in [0.29, 0.717) is 6.61 Å². The second-order valence-electron chi connectivity index (χ2n) is 5.10. The van der Waals surface area contributed by atoms with Gasteiger partial charge in [-0.2, -0.15) is 0 Å². The van der Waals surface area contributed by atoms with Crippen LogP contribution in [0.25, 0.3) is 0 Å². The lowest BCUT2D eigenvalue weighted by atomic mass is 10.1. The van der Waals surface area contributed by atoms with Crippen molar-refractivity contribution in [1.29, 1.82) is 0 Å². The number of carbonyl (C=O) groups excluding carboxylic acids is 1. The number of anilines is 2. The first-order valence-electron chi connectivity index (χ1n) is 7.46. The molecule has 0 aliphatic heterocycles. The molecule has 0 aromatic heterocycles. The predicted molar refractivity (Wildman–Crippen MR) is 90.4 cm³/mol. The van der Waals surface area contributed by atoms with Gasteiger partial charge in [0.05, 0.1) is 12.6 Å². The number of para-hydroxylation sites is 1. The maximum absolute atomic E-state index is 11.1. The maximum atomic E-state index is 11.1. The number of hydrogen-bond acceptors (Lipinski definition) is 3. The van der Waals surface area contributed by atoms with Crippen molar-refractivity contribution in [2.45, 2.75) is 26.8 Å². The Kier molecular flexibility index (Phi) is 5.42. The molecule has 0 spiro atoms. The average molecular weight is 298 g/mol. The van der Waals surface area contributed by atoms with Gasteiger partial charge in [-0.3, -0.25) is 4.79 Å². The summed E-state index contributed by atoms with van der Waals surface area (Å²) in [6, 6.07) is 15.8. The Morgan fingerprint density at radius 3 is 2.59 bits per heavy atom. The molecule has 0 saturated carbocycles. The van der Waals surface area contributed by atoms with Crippen molar-refractivity contribution >= 4 is 17.3 Å². The molecule has 116 valence electrons. The van der Waals surface area contributed by atoms with Crippen molar-refractivity contribution in [2.24, 2.45) is 0 Å². The van der Waals surface area contributed by atoms with Crippen LogP contribution in [0.1, 0.15) is 32.4 Å². The first-order valence-corrected chi connectivity index (χ1v) is 7.46. The second-order valence-corrected chi connectivity index (χ2v) is 5.10. The minimum atomic E-state index is -0.0770. The van der Waals surface area contributed by atoms with E-state index in [1.54, 1.807) is 0 Å². The largest absolute Gasteiger partial charge is 0.494 e. The van der Waals surface area contributed by atoms with Gasteiger partial charge in [0.15, 0.2) is 0 Å². The van der Waals surface area contributed by atoms with E-state index in [1.807, 2.05) is 49.4 Å². The number of rotatable bonds is 6. The summed E-state index contributed by atoms with van der Waals surface area (Å²) in [7, 11) is 0. The summed E-state index contributed by atoms with van der Waals surface area (Å²) in [4.78, 5) is 11.1. The molecule has 0 fully saturated rings. The zero-order valence-electron chi connectivity index (χ0n) is 13.2. The molecule has 1 atom stereocenters. The van der Waals surface area contributed by atoms with Gasteiger partial charge in [-0.25, -0.2) is 0 Å². The summed E-state index contributed by atoms with van der Waals surface area (Å²) in [5, 5.41) is 6.23. The van der Waals surface area contributed by atoms with Crippen LogP contribution >= 0.6 is 0 Å². The summed E-state index contributed by atoms with van der Waals surface area (Å²) in [5.41, 5.74) is 2.84. The number of benzene rings is 2. The molecule has 0 heterocycles. The molecule has 4 heteroatoms. The van der Waals surface area contributed by atoms with E-state index < -0.39 is 0 Å².